The number of aliphatic carboxylic acids is 1. The zero-order chi connectivity index (χ0) is 33.8. The number of carbonyl (C=O) groups excluding carboxylic acids is 2. The fourth-order valence-electron chi connectivity index (χ4n) is 4.58. The second-order valence-electron chi connectivity index (χ2n) is 10.7. The van der Waals surface area contributed by atoms with Crippen LogP contribution in [0.1, 0.15) is 43.3 Å². The van der Waals surface area contributed by atoms with Gasteiger partial charge < -0.3 is 36.8 Å². The molecule has 2 aliphatic heterocycles. The van der Waals surface area contributed by atoms with Crippen molar-refractivity contribution in [2.45, 2.75) is 57.3 Å². The first-order chi connectivity index (χ1) is 21.6. The van der Waals surface area contributed by atoms with Crippen LogP contribution in [0.5, 0.6) is 5.75 Å². The molecule has 0 aliphatic carbocycles. The quantitative estimate of drug-likeness (QED) is 0.0480. The number of carbonyl (C=O) groups is 3. The number of benzene rings is 1. The first kappa shape index (κ1) is 34.5. The molecule has 250 valence electrons. The number of ether oxygens (including phenoxy) is 1. The summed E-state index contributed by atoms with van der Waals surface area (Å²) in [5.74, 6) is -2.78. The van der Waals surface area contributed by atoms with Crippen LogP contribution >= 0.6 is 11.3 Å². The number of oxime groups is 1. The minimum Gasteiger partial charge on any atom is -0.489 e. The average Bonchev–Trinajstić information content (AvgIpc) is 3.64. The molecule has 4 rings (SSSR count). The first-order valence-electron chi connectivity index (χ1n) is 13.9. The predicted octanol–water partition coefficient (Wildman–Crippen LogP) is -0.552. The van der Waals surface area contributed by atoms with E-state index >= 15 is 0 Å². The van der Waals surface area contributed by atoms with Crippen molar-refractivity contribution in [3.8, 4) is 5.75 Å². The lowest BCUT2D eigenvalue weighted by atomic mass is 9.84. The third-order valence-electron chi connectivity index (χ3n) is 7.05. The van der Waals surface area contributed by atoms with Crippen LogP contribution in [0.25, 0.3) is 0 Å². The van der Waals surface area contributed by atoms with Crippen molar-refractivity contribution in [2.75, 3.05) is 25.4 Å². The van der Waals surface area contributed by atoms with E-state index in [9.17, 15) is 27.9 Å². The fourth-order valence-corrected chi connectivity index (χ4v) is 5.81. The van der Waals surface area contributed by atoms with Crippen LogP contribution < -0.4 is 26.8 Å². The Hall–Kier alpha value is -4.37. The molecule has 18 nitrogen and oxygen atoms in total. The summed E-state index contributed by atoms with van der Waals surface area (Å²) in [4.78, 5) is 52.4. The molecule has 20 heteroatoms. The Balaban J connectivity index is 1.49. The maximum Gasteiger partial charge on any atom is 0.418 e. The Morgan fingerprint density at radius 1 is 1.30 bits per heavy atom. The molecule has 0 unspecified atom stereocenters. The lowest BCUT2D eigenvalue weighted by Crippen LogP contribution is -2.76. The van der Waals surface area contributed by atoms with Crippen molar-refractivity contribution in [3.05, 3.63) is 40.4 Å². The number of rotatable bonds is 14. The zero-order valence-electron chi connectivity index (χ0n) is 25.0. The van der Waals surface area contributed by atoms with E-state index in [-0.39, 0.29) is 16.9 Å². The van der Waals surface area contributed by atoms with E-state index in [1.807, 2.05) is 0 Å². The number of aliphatic imine (C=N–C) groups is 1. The SMILES string of the molecule is CCc1sc(N)nc1/C(=N/O[C@@H](COc1ccc(C(N)=N[C@@H]2CCNC2)cc1)C(=O)O)C(=O)N[C@@H]1C(=O)N(OS(=O)(=O)O)C1(C)C. The largest absolute Gasteiger partial charge is 0.489 e. The summed E-state index contributed by atoms with van der Waals surface area (Å²) in [6.45, 7) is 5.62. The molecule has 3 heterocycles. The number of nitrogen functional groups attached to an aromatic ring is 1. The number of hydroxylamine groups is 2. The molecule has 0 saturated carbocycles. The molecule has 46 heavy (non-hydrogen) atoms. The molecule has 2 aromatic rings. The van der Waals surface area contributed by atoms with Gasteiger partial charge in [0.15, 0.2) is 10.8 Å². The monoisotopic (exact) mass is 682 g/mol. The summed E-state index contributed by atoms with van der Waals surface area (Å²) in [5.41, 5.74) is 10.7. The summed E-state index contributed by atoms with van der Waals surface area (Å²) in [6.07, 6.45) is -0.430. The van der Waals surface area contributed by atoms with E-state index < -0.39 is 58.2 Å². The number of aromatic nitrogens is 1. The number of nitrogens with two attached hydrogens (primary N) is 2. The van der Waals surface area contributed by atoms with Gasteiger partial charge in [0, 0.05) is 17.0 Å². The van der Waals surface area contributed by atoms with Crippen LogP contribution in [-0.4, -0.2) is 101 Å². The summed E-state index contributed by atoms with van der Waals surface area (Å²) >= 11 is 1.06. The predicted molar refractivity (Wildman–Crippen MR) is 164 cm³/mol. The highest BCUT2D eigenvalue weighted by Gasteiger charge is 2.58. The fraction of sp³-hybridized carbons (Fsp3) is 0.462. The Kier molecular flexibility index (Phi) is 10.5. The number of thiazole rings is 1. The van der Waals surface area contributed by atoms with Crippen molar-refractivity contribution in [2.24, 2.45) is 15.9 Å². The van der Waals surface area contributed by atoms with Crippen LogP contribution in [0.15, 0.2) is 34.4 Å². The van der Waals surface area contributed by atoms with Gasteiger partial charge in [-0.2, -0.15) is 13.5 Å². The molecule has 2 aliphatic rings. The summed E-state index contributed by atoms with van der Waals surface area (Å²) in [5, 5.41) is 19.7. The number of hydrogen-bond donors (Lipinski definition) is 6. The molecular weight excluding hydrogens is 648 g/mol. The first-order valence-corrected chi connectivity index (χ1v) is 16.1. The number of nitrogens with one attached hydrogen (secondary N) is 2. The second kappa shape index (κ2) is 14.0. The van der Waals surface area contributed by atoms with E-state index in [0.717, 1.165) is 30.8 Å². The number of amides is 2. The number of amidine groups is 1. The molecule has 0 bridgehead atoms. The van der Waals surface area contributed by atoms with Crippen molar-refractivity contribution in [1.82, 2.24) is 20.7 Å². The van der Waals surface area contributed by atoms with Crippen molar-refractivity contribution < 1.29 is 46.3 Å². The Morgan fingerprint density at radius 3 is 2.57 bits per heavy atom. The topological polar surface area (TPSA) is 270 Å². The van der Waals surface area contributed by atoms with E-state index in [1.165, 1.54) is 13.8 Å². The van der Waals surface area contributed by atoms with Gasteiger partial charge in [0.2, 0.25) is 0 Å². The Labute approximate surface area is 267 Å². The highest BCUT2D eigenvalue weighted by Crippen LogP contribution is 2.33. The van der Waals surface area contributed by atoms with Gasteiger partial charge >= 0.3 is 16.4 Å². The van der Waals surface area contributed by atoms with Crippen molar-refractivity contribution >= 4 is 56.2 Å². The molecule has 2 saturated heterocycles. The molecule has 0 radical (unpaired) electrons. The van der Waals surface area contributed by atoms with Crippen LogP contribution in [-0.2, 0) is 40.3 Å². The van der Waals surface area contributed by atoms with Crippen LogP contribution in [0, 0.1) is 0 Å². The van der Waals surface area contributed by atoms with Gasteiger partial charge in [-0.05, 0) is 57.5 Å². The van der Waals surface area contributed by atoms with Gasteiger partial charge in [0.1, 0.15) is 29.9 Å². The number of aryl methyl sites for hydroxylation is 1. The molecule has 0 spiro atoms. The Morgan fingerprint density at radius 2 is 2.00 bits per heavy atom. The van der Waals surface area contributed by atoms with E-state index in [1.54, 1.807) is 31.2 Å². The van der Waals surface area contributed by atoms with Gasteiger partial charge in [-0.15, -0.1) is 15.6 Å². The summed E-state index contributed by atoms with van der Waals surface area (Å²) in [7, 11) is -5.02. The number of β-lactam (4-membered cyclic amide) rings is 1. The van der Waals surface area contributed by atoms with Gasteiger partial charge in [-0.3, -0.25) is 19.1 Å². The van der Waals surface area contributed by atoms with Gasteiger partial charge in [0.05, 0.1) is 11.6 Å². The van der Waals surface area contributed by atoms with Crippen molar-refractivity contribution in [1.29, 1.82) is 0 Å². The molecule has 3 atom stereocenters. The normalized spacial score (nSPS) is 20.6. The maximum absolute atomic E-state index is 13.4. The minimum absolute atomic E-state index is 0.00796. The second-order valence-corrected chi connectivity index (χ2v) is 12.9. The van der Waals surface area contributed by atoms with Gasteiger partial charge in [0.25, 0.3) is 17.9 Å². The van der Waals surface area contributed by atoms with Gasteiger partial charge in [-0.1, -0.05) is 12.1 Å². The van der Waals surface area contributed by atoms with E-state index in [4.69, 9.17) is 25.6 Å². The van der Waals surface area contributed by atoms with Crippen LogP contribution in [0.4, 0.5) is 5.13 Å². The Bertz CT molecular complexity index is 1640. The molecule has 1 aromatic carbocycles. The highest BCUT2D eigenvalue weighted by atomic mass is 32.3. The van der Waals surface area contributed by atoms with Crippen molar-refractivity contribution in [3.63, 3.8) is 0 Å². The average molecular weight is 683 g/mol. The molecular formula is C26H34N8O10S2. The zero-order valence-corrected chi connectivity index (χ0v) is 26.6. The van der Waals surface area contributed by atoms with Crippen LogP contribution in [0.2, 0.25) is 0 Å². The number of carboxylic acids is 1. The smallest absolute Gasteiger partial charge is 0.418 e. The van der Waals surface area contributed by atoms with E-state index in [0.29, 0.717) is 33.5 Å². The molecule has 2 fully saturated rings. The number of nitrogens with zero attached hydrogens (tertiary/aromatic N) is 4. The number of anilines is 1. The minimum atomic E-state index is -5.02. The lowest BCUT2D eigenvalue weighted by Gasteiger charge is -2.50. The standard InChI is InChI=1S/C26H34N8O10S2/c1-4-17-18(31-25(28)45-17)19(22(35)32-20-23(36)34(26(20,2)3)44-46(39,40)41)33-43-16(24(37)38)12-42-15-7-5-13(6-8-15)21(27)30-14-9-10-29-11-14/h5-8,14,16,20,29H,4,9-12H2,1-3H3,(H2,27,30)(H2,28,31)(H,32,35)(H,37,38)(H,39,40,41)/b33-19-/t14-,16+,20-/m1/s1. The lowest BCUT2D eigenvalue weighted by molar-refractivity contribution is -0.218. The number of hydrogen-bond acceptors (Lipinski definition) is 14. The molecule has 2 amide bonds. The molecule has 8 N–H and O–H groups in total. The highest BCUT2D eigenvalue weighted by molar-refractivity contribution is 7.80. The third kappa shape index (κ3) is 8.07. The maximum atomic E-state index is 13.4. The van der Waals surface area contributed by atoms with Gasteiger partial charge in [-0.25, -0.2) is 9.78 Å². The van der Waals surface area contributed by atoms with E-state index in [2.05, 4.69) is 30.0 Å². The number of carboxylic acid groups (broad SMARTS) is 1. The summed E-state index contributed by atoms with van der Waals surface area (Å²) < 4.78 is 41.1. The third-order valence-corrected chi connectivity index (χ3v) is 8.42. The van der Waals surface area contributed by atoms with Crippen LogP contribution in [0.3, 0.4) is 0 Å². The molecule has 1 aromatic heterocycles. The summed E-state index contributed by atoms with van der Waals surface area (Å²) in [6, 6.07) is 5.30.